The molecular formula is C6H11FO. The van der Waals surface area contributed by atoms with E-state index in [4.69, 9.17) is 5.11 Å². The SMILES string of the molecule is C=C(C)C(C)(F)CO. The maximum atomic E-state index is 12.6. The third kappa shape index (κ3) is 1.62. The van der Waals surface area contributed by atoms with E-state index in [-0.39, 0.29) is 0 Å². The maximum Gasteiger partial charge on any atom is 0.151 e. The average molecular weight is 118 g/mol. The van der Waals surface area contributed by atoms with E-state index < -0.39 is 12.3 Å². The van der Waals surface area contributed by atoms with E-state index in [0.717, 1.165) is 0 Å². The highest BCUT2D eigenvalue weighted by Crippen LogP contribution is 2.17. The van der Waals surface area contributed by atoms with Crippen LogP contribution < -0.4 is 0 Å². The van der Waals surface area contributed by atoms with Crippen LogP contribution in [0, 0.1) is 0 Å². The van der Waals surface area contributed by atoms with Crippen molar-refractivity contribution >= 4 is 0 Å². The molecule has 0 aromatic rings. The van der Waals surface area contributed by atoms with Gasteiger partial charge in [-0.2, -0.15) is 0 Å². The monoisotopic (exact) mass is 118 g/mol. The summed E-state index contributed by atoms with van der Waals surface area (Å²) in [5.41, 5.74) is -1.24. The summed E-state index contributed by atoms with van der Waals surface area (Å²) in [4.78, 5) is 0. The van der Waals surface area contributed by atoms with Crippen LogP contribution in [0.4, 0.5) is 4.39 Å². The van der Waals surface area contributed by atoms with Crippen LogP contribution in [0.2, 0.25) is 0 Å². The minimum absolute atomic E-state index is 0.361. The van der Waals surface area contributed by atoms with Gasteiger partial charge in [0.2, 0.25) is 0 Å². The Hall–Kier alpha value is -0.370. The molecule has 0 heterocycles. The van der Waals surface area contributed by atoms with E-state index in [1.54, 1.807) is 6.92 Å². The molecule has 8 heavy (non-hydrogen) atoms. The van der Waals surface area contributed by atoms with Gasteiger partial charge in [-0.3, -0.25) is 0 Å². The van der Waals surface area contributed by atoms with Gasteiger partial charge < -0.3 is 5.11 Å². The normalized spacial score (nSPS) is 17.5. The standard InChI is InChI=1S/C6H11FO/c1-5(2)6(3,7)4-8/h8H,1,4H2,2-3H3. The third-order valence-electron chi connectivity index (χ3n) is 1.19. The van der Waals surface area contributed by atoms with Gasteiger partial charge in [-0.1, -0.05) is 6.58 Å². The van der Waals surface area contributed by atoms with Crippen molar-refractivity contribution in [1.29, 1.82) is 0 Å². The van der Waals surface area contributed by atoms with Crippen LogP contribution >= 0.6 is 0 Å². The molecule has 0 bridgehead atoms. The van der Waals surface area contributed by atoms with Gasteiger partial charge >= 0.3 is 0 Å². The Morgan fingerprint density at radius 2 is 2.25 bits per heavy atom. The average Bonchev–Trinajstić information content (AvgIpc) is 1.67. The second-order valence-corrected chi connectivity index (χ2v) is 2.14. The quantitative estimate of drug-likeness (QED) is 0.541. The Labute approximate surface area is 48.8 Å². The molecule has 2 heteroatoms. The van der Waals surface area contributed by atoms with Crippen LogP contribution in [-0.4, -0.2) is 17.4 Å². The first kappa shape index (κ1) is 7.63. The van der Waals surface area contributed by atoms with Gasteiger partial charge in [0.05, 0.1) is 6.61 Å². The number of halogens is 1. The molecule has 0 saturated carbocycles. The number of rotatable bonds is 2. The van der Waals surface area contributed by atoms with Crippen molar-refractivity contribution in [2.45, 2.75) is 19.5 Å². The Balaban J connectivity index is 3.91. The van der Waals surface area contributed by atoms with E-state index in [2.05, 4.69) is 6.58 Å². The highest BCUT2D eigenvalue weighted by Gasteiger charge is 2.21. The molecule has 1 N–H and O–H groups in total. The summed E-state index contributed by atoms with van der Waals surface area (Å²) in [5.74, 6) is 0. The molecule has 48 valence electrons. The van der Waals surface area contributed by atoms with Gasteiger partial charge in [-0.15, -0.1) is 0 Å². The highest BCUT2D eigenvalue weighted by atomic mass is 19.1. The van der Waals surface area contributed by atoms with Crippen LogP contribution in [0.1, 0.15) is 13.8 Å². The maximum absolute atomic E-state index is 12.6. The molecule has 0 aromatic carbocycles. The molecule has 0 aliphatic heterocycles. The lowest BCUT2D eigenvalue weighted by Crippen LogP contribution is -2.23. The van der Waals surface area contributed by atoms with E-state index in [1.165, 1.54) is 6.92 Å². The summed E-state index contributed by atoms with van der Waals surface area (Å²) in [6.07, 6.45) is 0. The summed E-state index contributed by atoms with van der Waals surface area (Å²) in [6, 6.07) is 0. The van der Waals surface area contributed by atoms with E-state index in [1.807, 2.05) is 0 Å². The van der Waals surface area contributed by atoms with Crippen LogP contribution in [0.3, 0.4) is 0 Å². The Morgan fingerprint density at radius 1 is 1.88 bits per heavy atom. The largest absolute Gasteiger partial charge is 0.393 e. The summed E-state index contributed by atoms with van der Waals surface area (Å²) >= 11 is 0. The minimum atomic E-state index is -1.60. The zero-order valence-electron chi connectivity index (χ0n) is 5.24. The van der Waals surface area contributed by atoms with Crippen molar-refractivity contribution in [3.8, 4) is 0 Å². The van der Waals surface area contributed by atoms with Crippen LogP contribution in [0.25, 0.3) is 0 Å². The van der Waals surface area contributed by atoms with Crippen molar-refractivity contribution < 1.29 is 9.50 Å². The predicted molar refractivity (Wildman–Crippen MR) is 31.4 cm³/mol. The summed E-state index contributed by atoms with van der Waals surface area (Å²) < 4.78 is 12.6. The molecule has 0 fully saturated rings. The van der Waals surface area contributed by atoms with Crippen molar-refractivity contribution in [2.75, 3.05) is 6.61 Å². The smallest absolute Gasteiger partial charge is 0.151 e. The topological polar surface area (TPSA) is 20.2 Å². The molecule has 1 unspecified atom stereocenters. The Bertz CT molecular complexity index is 96.7. The van der Waals surface area contributed by atoms with Crippen molar-refractivity contribution in [1.82, 2.24) is 0 Å². The second-order valence-electron chi connectivity index (χ2n) is 2.14. The molecule has 0 aromatic heterocycles. The lowest BCUT2D eigenvalue weighted by Gasteiger charge is -2.15. The van der Waals surface area contributed by atoms with E-state index in [9.17, 15) is 4.39 Å². The number of hydrogen-bond acceptors (Lipinski definition) is 1. The first-order chi connectivity index (χ1) is 3.50. The Morgan fingerprint density at radius 3 is 2.25 bits per heavy atom. The molecule has 0 aliphatic carbocycles. The number of aliphatic hydroxyl groups is 1. The lowest BCUT2D eigenvalue weighted by molar-refractivity contribution is 0.121. The van der Waals surface area contributed by atoms with Gasteiger partial charge in [-0.05, 0) is 19.4 Å². The molecule has 0 spiro atoms. The Kier molecular flexibility index (Phi) is 2.16. The summed E-state index contributed by atoms with van der Waals surface area (Å²) in [7, 11) is 0. The highest BCUT2D eigenvalue weighted by molar-refractivity contribution is 5.06. The van der Waals surface area contributed by atoms with Crippen molar-refractivity contribution in [2.24, 2.45) is 0 Å². The van der Waals surface area contributed by atoms with Gasteiger partial charge in [0, 0.05) is 0 Å². The molecule has 0 rings (SSSR count). The lowest BCUT2D eigenvalue weighted by atomic mass is 10.0. The molecule has 1 nitrogen and oxygen atoms in total. The zero-order chi connectivity index (χ0) is 6.78. The van der Waals surface area contributed by atoms with Crippen LogP contribution in [-0.2, 0) is 0 Å². The zero-order valence-corrected chi connectivity index (χ0v) is 5.24. The summed E-state index contributed by atoms with van der Waals surface area (Å²) in [5, 5.41) is 8.33. The number of alkyl halides is 1. The molecule has 0 amide bonds. The first-order valence-corrected chi connectivity index (χ1v) is 2.46. The third-order valence-corrected chi connectivity index (χ3v) is 1.19. The fourth-order valence-electron chi connectivity index (χ4n) is 0.135. The molecule has 1 atom stereocenters. The molecule has 0 saturated heterocycles. The van der Waals surface area contributed by atoms with Gasteiger partial charge in [0.1, 0.15) is 0 Å². The van der Waals surface area contributed by atoms with Crippen molar-refractivity contribution in [3.05, 3.63) is 12.2 Å². The van der Waals surface area contributed by atoms with E-state index in [0.29, 0.717) is 5.57 Å². The first-order valence-electron chi connectivity index (χ1n) is 2.46. The molecule has 0 radical (unpaired) electrons. The minimum Gasteiger partial charge on any atom is -0.393 e. The van der Waals surface area contributed by atoms with Crippen LogP contribution in [0.15, 0.2) is 12.2 Å². The molecular weight excluding hydrogens is 107 g/mol. The van der Waals surface area contributed by atoms with Crippen LogP contribution in [0.5, 0.6) is 0 Å². The molecule has 0 aliphatic rings. The van der Waals surface area contributed by atoms with E-state index >= 15 is 0 Å². The summed E-state index contributed by atoms with van der Waals surface area (Å²) in [6.45, 7) is 5.73. The number of aliphatic hydroxyl groups excluding tert-OH is 1. The fourth-order valence-corrected chi connectivity index (χ4v) is 0.135. The van der Waals surface area contributed by atoms with Gasteiger partial charge in [-0.25, -0.2) is 4.39 Å². The predicted octanol–water partition coefficient (Wildman–Crippen LogP) is 1.28. The fraction of sp³-hybridized carbons (Fsp3) is 0.667. The second kappa shape index (κ2) is 2.27. The number of hydrogen-bond donors (Lipinski definition) is 1. The van der Waals surface area contributed by atoms with Gasteiger partial charge in [0.25, 0.3) is 0 Å². The van der Waals surface area contributed by atoms with Crippen molar-refractivity contribution in [3.63, 3.8) is 0 Å². The van der Waals surface area contributed by atoms with Gasteiger partial charge in [0.15, 0.2) is 5.67 Å².